The van der Waals surface area contributed by atoms with Gasteiger partial charge in [0.25, 0.3) is 0 Å². The highest BCUT2D eigenvalue weighted by atomic mass is 15.2. The van der Waals surface area contributed by atoms with Gasteiger partial charge in [0.1, 0.15) is 0 Å². The fourth-order valence-electron chi connectivity index (χ4n) is 4.15. The van der Waals surface area contributed by atoms with Gasteiger partial charge >= 0.3 is 0 Å². The van der Waals surface area contributed by atoms with E-state index < -0.39 is 0 Å². The number of rotatable bonds is 1. The third kappa shape index (κ3) is 2.26. The maximum atomic E-state index is 6.04. The van der Waals surface area contributed by atoms with Crippen molar-refractivity contribution in [2.45, 2.75) is 13.1 Å². The third-order valence-corrected chi connectivity index (χ3v) is 5.33. The van der Waals surface area contributed by atoms with Crippen LogP contribution in [0, 0.1) is 0 Å². The maximum absolute atomic E-state index is 6.04. The summed E-state index contributed by atoms with van der Waals surface area (Å²) in [6.07, 6.45) is 0. The van der Waals surface area contributed by atoms with Gasteiger partial charge in [-0.1, -0.05) is 72.8 Å². The minimum Gasteiger partial charge on any atom is -0.318 e. The fourth-order valence-corrected chi connectivity index (χ4v) is 4.15. The lowest BCUT2D eigenvalue weighted by atomic mass is 9.88. The van der Waals surface area contributed by atoms with Crippen molar-refractivity contribution in [3.63, 3.8) is 0 Å². The van der Waals surface area contributed by atoms with Gasteiger partial charge in [-0.3, -0.25) is 4.90 Å². The quantitative estimate of drug-likeness (QED) is 0.540. The number of hydrogen-bond donors (Lipinski definition) is 1. The normalized spacial score (nSPS) is 14.3. The summed E-state index contributed by atoms with van der Waals surface area (Å²) in [5.41, 5.74) is 11.5. The molecule has 0 aromatic heterocycles. The van der Waals surface area contributed by atoms with Crippen LogP contribution in [0.2, 0.25) is 0 Å². The molecule has 0 spiro atoms. The van der Waals surface area contributed by atoms with Crippen molar-refractivity contribution < 1.29 is 0 Å². The SMILES string of the molecule is NCN1Cc2ccc3ccccc3c2-c2c(ccc3ccccc23)C1. The Bertz CT molecular complexity index is 1010. The van der Waals surface area contributed by atoms with Crippen LogP contribution in [0.5, 0.6) is 0 Å². The van der Waals surface area contributed by atoms with E-state index in [1.807, 2.05) is 0 Å². The monoisotopic (exact) mass is 324 g/mol. The summed E-state index contributed by atoms with van der Waals surface area (Å²) in [5, 5.41) is 5.25. The van der Waals surface area contributed by atoms with E-state index in [-0.39, 0.29) is 0 Å². The van der Waals surface area contributed by atoms with Crippen molar-refractivity contribution >= 4 is 21.5 Å². The molecular formula is C23H20N2. The van der Waals surface area contributed by atoms with E-state index in [9.17, 15) is 0 Å². The first-order valence-corrected chi connectivity index (χ1v) is 8.79. The molecule has 2 nitrogen and oxygen atoms in total. The van der Waals surface area contributed by atoms with Crippen molar-refractivity contribution in [1.82, 2.24) is 4.90 Å². The minimum atomic E-state index is 0.568. The summed E-state index contributed by atoms with van der Waals surface area (Å²) >= 11 is 0. The lowest BCUT2D eigenvalue weighted by Crippen LogP contribution is -2.28. The van der Waals surface area contributed by atoms with Crippen LogP contribution < -0.4 is 5.73 Å². The molecule has 122 valence electrons. The first-order valence-electron chi connectivity index (χ1n) is 8.79. The molecule has 0 unspecified atom stereocenters. The molecule has 1 heterocycles. The molecule has 2 heteroatoms. The summed E-state index contributed by atoms with van der Waals surface area (Å²) in [6.45, 7) is 2.35. The van der Waals surface area contributed by atoms with Crippen LogP contribution >= 0.6 is 0 Å². The molecule has 1 aliphatic heterocycles. The molecule has 1 aliphatic rings. The Kier molecular flexibility index (Phi) is 3.34. The van der Waals surface area contributed by atoms with Gasteiger partial charge in [0.05, 0.1) is 0 Å². The number of hydrogen-bond acceptors (Lipinski definition) is 2. The lowest BCUT2D eigenvalue weighted by Gasteiger charge is -2.18. The molecule has 4 aromatic rings. The molecule has 2 N–H and O–H groups in total. The van der Waals surface area contributed by atoms with Gasteiger partial charge in [-0.2, -0.15) is 0 Å². The second-order valence-electron chi connectivity index (χ2n) is 6.81. The van der Waals surface area contributed by atoms with Gasteiger partial charge in [0.2, 0.25) is 0 Å². The summed E-state index contributed by atoms with van der Waals surface area (Å²) < 4.78 is 0. The molecule has 0 fully saturated rings. The van der Waals surface area contributed by atoms with Gasteiger partial charge in [-0.05, 0) is 43.8 Å². The average Bonchev–Trinajstić information content (AvgIpc) is 2.84. The van der Waals surface area contributed by atoms with Crippen LogP contribution in [0.1, 0.15) is 11.1 Å². The maximum Gasteiger partial charge on any atom is 0.0462 e. The Morgan fingerprint density at radius 2 is 1.12 bits per heavy atom. The summed E-state index contributed by atoms with van der Waals surface area (Å²) in [6, 6.07) is 26.4. The second-order valence-corrected chi connectivity index (χ2v) is 6.81. The number of nitrogens with two attached hydrogens (primary N) is 1. The standard InChI is InChI=1S/C23H20N2/c24-15-25-13-18-11-9-16-5-1-3-7-20(16)22(18)23-19(14-25)12-10-17-6-2-4-8-21(17)23/h1-12H,13-15,24H2. The van der Waals surface area contributed by atoms with Gasteiger partial charge in [-0.25, -0.2) is 0 Å². The van der Waals surface area contributed by atoms with Crippen LogP contribution in [0.4, 0.5) is 0 Å². The number of fused-ring (bicyclic) bond motifs is 7. The molecule has 0 atom stereocenters. The van der Waals surface area contributed by atoms with Crippen molar-refractivity contribution in [2.24, 2.45) is 5.73 Å². The molecule has 0 bridgehead atoms. The molecule has 0 radical (unpaired) electrons. The van der Waals surface area contributed by atoms with Gasteiger partial charge in [0.15, 0.2) is 0 Å². The van der Waals surface area contributed by atoms with E-state index >= 15 is 0 Å². The molecular weight excluding hydrogens is 304 g/mol. The van der Waals surface area contributed by atoms with Crippen LogP contribution in [-0.2, 0) is 13.1 Å². The Morgan fingerprint density at radius 3 is 1.60 bits per heavy atom. The molecule has 0 aliphatic carbocycles. The van der Waals surface area contributed by atoms with E-state index in [1.165, 1.54) is 43.8 Å². The molecule has 25 heavy (non-hydrogen) atoms. The van der Waals surface area contributed by atoms with E-state index in [4.69, 9.17) is 5.73 Å². The molecule has 0 saturated carbocycles. The Balaban J connectivity index is 1.97. The van der Waals surface area contributed by atoms with Crippen LogP contribution in [0.15, 0.2) is 72.8 Å². The topological polar surface area (TPSA) is 29.3 Å². The van der Waals surface area contributed by atoms with Crippen LogP contribution in [-0.4, -0.2) is 11.6 Å². The highest BCUT2D eigenvalue weighted by molar-refractivity contribution is 6.08. The molecule has 0 amide bonds. The Morgan fingerprint density at radius 1 is 0.640 bits per heavy atom. The average molecular weight is 324 g/mol. The summed E-state index contributed by atoms with van der Waals surface area (Å²) in [4.78, 5) is 2.31. The highest BCUT2D eigenvalue weighted by Gasteiger charge is 2.22. The predicted octanol–water partition coefficient (Wildman–Crippen LogP) is 4.89. The van der Waals surface area contributed by atoms with Crippen molar-refractivity contribution in [3.05, 3.63) is 83.9 Å². The smallest absolute Gasteiger partial charge is 0.0462 e. The van der Waals surface area contributed by atoms with Crippen molar-refractivity contribution in [2.75, 3.05) is 6.67 Å². The van der Waals surface area contributed by atoms with Crippen LogP contribution in [0.3, 0.4) is 0 Å². The van der Waals surface area contributed by atoms with E-state index in [2.05, 4.69) is 77.7 Å². The number of benzene rings is 4. The third-order valence-electron chi connectivity index (χ3n) is 5.33. The van der Waals surface area contributed by atoms with E-state index in [1.54, 1.807) is 0 Å². The molecule has 5 rings (SSSR count). The van der Waals surface area contributed by atoms with E-state index in [0.29, 0.717) is 6.67 Å². The fraction of sp³-hybridized carbons (Fsp3) is 0.130. The molecule has 0 saturated heterocycles. The minimum absolute atomic E-state index is 0.568. The summed E-state index contributed by atoms with van der Waals surface area (Å²) in [5.74, 6) is 0. The first kappa shape index (κ1) is 14.6. The zero-order valence-electron chi connectivity index (χ0n) is 14.1. The number of nitrogens with zero attached hydrogens (tertiary/aromatic N) is 1. The zero-order valence-corrected chi connectivity index (χ0v) is 14.1. The van der Waals surface area contributed by atoms with Gasteiger partial charge in [-0.15, -0.1) is 0 Å². The van der Waals surface area contributed by atoms with Crippen molar-refractivity contribution in [1.29, 1.82) is 0 Å². The Hall–Kier alpha value is -2.68. The van der Waals surface area contributed by atoms with E-state index in [0.717, 1.165) is 13.1 Å². The zero-order chi connectivity index (χ0) is 16.8. The van der Waals surface area contributed by atoms with Gasteiger partial charge in [0, 0.05) is 19.8 Å². The van der Waals surface area contributed by atoms with Gasteiger partial charge < -0.3 is 5.73 Å². The largest absolute Gasteiger partial charge is 0.318 e. The predicted molar refractivity (Wildman–Crippen MR) is 105 cm³/mol. The van der Waals surface area contributed by atoms with Crippen molar-refractivity contribution in [3.8, 4) is 11.1 Å². The van der Waals surface area contributed by atoms with Crippen LogP contribution in [0.25, 0.3) is 32.7 Å². The molecule has 4 aromatic carbocycles. The highest BCUT2D eigenvalue weighted by Crippen LogP contribution is 2.41. The first-order chi connectivity index (χ1) is 12.3. The Labute approximate surface area is 147 Å². The summed E-state index contributed by atoms with van der Waals surface area (Å²) in [7, 11) is 0. The second kappa shape index (κ2) is 5.69. The lowest BCUT2D eigenvalue weighted by molar-refractivity contribution is 0.268.